The maximum atomic E-state index is 9.67. The van der Waals surface area contributed by atoms with Gasteiger partial charge >= 0.3 is 0 Å². The predicted molar refractivity (Wildman–Crippen MR) is 74.2 cm³/mol. The molecule has 0 aromatic heterocycles. The van der Waals surface area contributed by atoms with E-state index in [0.29, 0.717) is 12.4 Å². The molecule has 1 N–H and O–H groups in total. The average molecular weight is 246 g/mol. The van der Waals surface area contributed by atoms with Crippen molar-refractivity contribution in [3.8, 4) is 5.75 Å². The molecule has 0 saturated heterocycles. The molecule has 1 aromatic carbocycles. The molecule has 1 aliphatic rings. The Balaban J connectivity index is 2.62. The van der Waals surface area contributed by atoms with Crippen LogP contribution in [-0.2, 0) is 4.74 Å². The summed E-state index contributed by atoms with van der Waals surface area (Å²) in [4.78, 5) is 0. The van der Waals surface area contributed by atoms with Crippen molar-refractivity contribution in [2.24, 2.45) is 10.8 Å². The third-order valence-electron chi connectivity index (χ3n) is 3.30. The fourth-order valence-electron chi connectivity index (χ4n) is 2.48. The van der Waals surface area contributed by atoms with Crippen molar-refractivity contribution in [3.63, 3.8) is 0 Å². The van der Waals surface area contributed by atoms with E-state index in [4.69, 9.17) is 4.74 Å². The van der Waals surface area contributed by atoms with Crippen molar-refractivity contribution in [2.75, 3.05) is 6.61 Å². The maximum absolute atomic E-state index is 9.67. The molecule has 2 nitrogen and oxygen atoms in total. The van der Waals surface area contributed by atoms with Crippen molar-refractivity contribution in [1.29, 1.82) is 0 Å². The van der Waals surface area contributed by atoms with Crippen molar-refractivity contribution < 1.29 is 9.84 Å². The number of phenols is 1. The smallest absolute Gasteiger partial charge is 0.116 e. The van der Waals surface area contributed by atoms with Crippen molar-refractivity contribution >= 4 is 5.57 Å². The molecule has 0 spiro atoms. The van der Waals surface area contributed by atoms with Gasteiger partial charge in [0, 0.05) is 16.4 Å². The highest BCUT2D eigenvalue weighted by Crippen LogP contribution is 2.48. The van der Waals surface area contributed by atoms with Crippen molar-refractivity contribution in [1.82, 2.24) is 0 Å². The first-order chi connectivity index (χ1) is 8.22. The number of aromatic hydroxyl groups is 1. The van der Waals surface area contributed by atoms with E-state index in [0.717, 1.165) is 11.3 Å². The highest BCUT2D eigenvalue weighted by atomic mass is 16.5. The third kappa shape index (κ3) is 2.24. The normalized spacial score (nSPS) is 18.9. The van der Waals surface area contributed by atoms with Gasteiger partial charge in [0.2, 0.25) is 0 Å². The number of hydrogen-bond donors (Lipinski definition) is 1. The van der Waals surface area contributed by atoms with Crippen molar-refractivity contribution in [3.05, 3.63) is 35.6 Å². The standard InChI is InChI=1S/C16H22O2/c1-15(2,3)14-13(16(4,5)10-18-14)11-7-6-8-12(17)9-11/h6-9,17H,10H2,1-5H3. The van der Waals surface area contributed by atoms with E-state index in [2.05, 4.69) is 34.6 Å². The zero-order valence-electron chi connectivity index (χ0n) is 11.9. The first-order valence-corrected chi connectivity index (χ1v) is 6.39. The lowest BCUT2D eigenvalue weighted by Crippen LogP contribution is -2.14. The fraction of sp³-hybridized carbons (Fsp3) is 0.500. The van der Waals surface area contributed by atoms with Crippen molar-refractivity contribution in [2.45, 2.75) is 34.6 Å². The Morgan fingerprint density at radius 2 is 1.89 bits per heavy atom. The van der Waals surface area contributed by atoms with Crippen LogP contribution in [-0.4, -0.2) is 11.7 Å². The lowest BCUT2D eigenvalue weighted by atomic mass is 9.78. The third-order valence-corrected chi connectivity index (χ3v) is 3.30. The summed E-state index contributed by atoms with van der Waals surface area (Å²) in [6, 6.07) is 7.44. The second kappa shape index (κ2) is 4.04. The molecule has 1 aliphatic heterocycles. The molecule has 2 heteroatoms. The summed E-state index contributed by atoms with van der Waals surface area (Å²) >= 11 is 0. The molecule has 2 rings (SSSR count). The van der Waals surface area contributed by atoms with Gasteiger partial charge in [-0.05, 0) is 17.7 Å². The average Bonchev–Trinajstić information content (AvgIpc) is 2.53. The molecule has 0 radical (unpaired) electrons. The summed E-state index contributed by atoms with van der Waals surface area (Å²) in [6.07, 6.45) is 0. The van der Waals surface area contributed by atoms with Gasteiger partial charge in [0.25, 0.3) is 0 Å². The summed E-state index contributed by atoms with van der Waals surface area (Å²) in [5.74, 6) is 1.34. The van der Waals surface area contributed by atoms with Crippen LogP contribution in [0.15, 0.2) is 30.0 Å². The van der Waals surface area contributed by atoms with Crippen LogP contribution in [0.5, 0.6) is 5.75 Å². The molecule has 0 amide bonds. The van der Waals surface area contributed by atoms with Gasteiger partial charge in [-0.1, -0.05) is 46.8 Å². The van der Waals surface area contributed by atoms with Crippen LogP contribution in [0.4, 0.5) is 0 Å². The Labute approximate surface area is 109 Å². The first-order valence-electron chi connectivity index (χ1n) is 6.39. The van der Waals surface area contributed by atoms with Gasteiger partial charge in [0.1, 0.15) is 11.5 Å². The van der Waals surface area contributed by atoms with Crippen LogP contribution in [0.25, 0.3) is 5.57 Å². The lowest BCUT2D eigenvalue weighted by molar-refractivity contribution is 0.144. The predicted octanol–water partition coefficient (Wildman–Crippen LogP) is 4.21. The Morgan fingerprint density at radius 3 is 2.44 bits per heavy atom. The minimum Gasteiger partial charge on any atom is -0.508 e. The monoisotopic (exact) mass is 246 g/mol. The van der Waals surface area contributed by atoms with Crippen LogP contribution in [0.2, 0.25) is 0 Å². The Hall–Kier alpha value is -1.44. The van der Waals surface area contributed by atoms with E-state index in [1.54, 1.807) is 6.07 Å². The van der Waals surface area contributed by atoms with E-state index in [9.17, 15) is 5.11 Å². The molecule has 0 atom stereocenters. The highest BCUT2D eigenvalue weighted by Gasteiger charge is 2.39. The quantitative estimate of drug-likeness (QED) is 0.804. The van der Waals surface area contributed by atoms with E-state index in [-0.39, 0.29) is 10.8 Å². The van der Waals surface area contributed by atoms with Gasteiger partial charge in [-0.3, -0.25) is 0 Å². The van der Waals surface area contributed by atoms with Gasteiger partial charge in [-0.25, -0.2) is 0 Å². The van der Waals surface area contributed by atoms with Crippen LogP contribution >= 0.6 is 0 Å². The molecule has 0 saturated carbocycles. The SMILES string of the molecule is CC(C)(C)C1=C(c2cccc(O)c2)C(C)(C)CO1. The zero-order valence-corrected chi connectivity index (χ0v) is 11.9. The zero-order chi connectivity index (χ0) is 13.6. The minimum absolute atomic E-state index is 0.0175. The molecular weight excluding hydrogens is 224 g/mol. The minimum atomic E-state index is -0.0193. The summed E-state index contributed by atoms with van der Waals surface area (Å²) in [7, 11) is 0. The van der Waals surface area contributed by atoms with Gasteiger partial charge < -0.3 is 9.84 Å². The van der Waals surface area contributed by atoms with Gasteiger partial charge in [-0.2, -0.15) is 0 Å². The van der Waals surface area contributed by atoms with Crippen LogP contribution in [0.3, 0.4) is 0 Å². The molecule has 0 unspecified atom stereocenters. The largest absolute Gasteiger partial charge is 0.508 e. The molecule has 0 aliphatic carbocycles. The Bertz CT molecular complexity index is 490. The second-order valence-electron chi connectivity index (χ2n) is 6.68. The lowest BCUT2D eigenvalue weighted by Gasteiger charge is -2.24. The summed E-state index contributed by atoms with van der Waals surface area (Å²) in [6.45, 7) is 11.5. The first kappa shape index (κ1) is 13.0. The van der Waals surface area contributed by atoms with Gasteiger partial charge in [0.15, 0.2) is 0 Å². The number of ether oxygens (including phenoxy) is 1. The van der Waals surface area contributed by atoms with Gasteiger partial charge in [0.05, 0.1) is 6.61 Å². The number of allylic oxidation sites excluding steroid dienone is 1. The van der Waals surface area contributed by atoms with Crippen LogP contribution in [0, 0.1) is 10.8 Å². The molecule has 18 heavy (non-hydrogen) atoms. The van der Waals surface area contributed by atoms with Crippen LogP contribution in [0.1, 0.15) is 40.2 Å². The molecule has 1 aromatic rings. The van der Waals surface area contributed by atoms with Gasteiger partial charge in [-0.15, -0.1) is 0 Å². The summed E-state index contributed by atoms with van der Waals surface area (Å²) < 4.78 is 5.94. The van der Waals surface area contributed by atoms with E-state index in [1.165, 1.54) is 5.57 Å². The molecular formula is C16H22O2. The fourth-order valence-corrected chi connectivity index (χ4v) is 2.48. The molecule has 98 valence electrons. The molecule has 1 heterocycles. The number of benzene rings is 1. The summed E-state index contributed by atoms with van der Waals surface area (Å²) in [5, 5.41) is 9.67. The summed E-state index contributed by atoms with van der Waals surface area (Å²) in [5.41, 5.74) is 2.23. The van der Waals surface area contributed by atoms with Crippen LogP contribution < -0.4 is 0 Å². The topological polar surface area (TPSA) is 29.5 Å². The van der Waals surface area contributed by atoms with E-state index < -0.39 is 0 Å². The number of rotatable bonds is 1. The molecule has 0 bridgehead atoms. The number of phenolic OH excluding ortho intramolecular Hbond substituents is 1. The molecule has 0 fully saturated rings. The van der Waals surface area contributed by atoms with E-state index >= 15 is 0 Å². The Kier molecular flexibility index (Phi) is 2.92. The van der Waals surface area contributed by atoms with E-state index in [1.807, 2.05) is 18.2 Å². The highest BCUT2D eigenvalue weighted by molar-refractivity contribution is 5.74. The second-order valence-corrected chi connectivity index (χ2v) is 6.68. The number of hydrogen-bond acceptors (Lipinski definition) is 2. The maximum Gasteiger partial charge on any atom is 0.116 e. The Morgan fingerprint density at radius 1 is 1.22 bits per heavy atom.